The van der Waals surface area contributed by atoms with Crippen LogP contribution < -0.4 is 4.90 Å². The van der Waals surface area contributed by atoms with Crippen molar-refractivity contribution in [1.82, 2.24) is 9.36 Å². The van der Waals surface area contributed by atoms with E-state index in [4.69, 9.17) is 4.74 Å². The zero-order valence-corrected chi connectivity index (χ0v) is 13.3. The number of anilines is 1. The number of nitrogens with zero attached hydrogens (tertiary/aromatic N) is 3. The summed E-state index contributed by atoms with van der Waals surface area (Å²) in [6, 6.07) is 0. The molecule has 0 aromatic carbocycles. The monoisotopic (exact) mass is 321 g/mol. The first kappa shape index (κ1) is 14.9. The normalized spacial score (nSPS) is 11.8. The van der Waals surface area contributed by atoms with Crippen LogP contribution in [-0.2, 0) is 10.2 Å². The third-order valence-corrected chi connectivity index (χ3v) is 3.41. The number of methoxy groups -OCH3 is 1. The molecule has 1 rings (SSSR count). The van der Waals surface area contributed by atoms with E-state index in [9.17, 15) is 0 Å². The Hall–Kier alpha value is -0.200. The van der Waals surface area contributed by atoms with Crippen molar-refractivity contribution in [2.75, 3.05) is 37.0 Å². The number of halogens is 1. The van der Waals surface area contributed by atoms with Crippen LogP contribution in [-0.4, -0.2) is 41.5 Å². The van der Waals surface area contributed by atoms with Gasteiger partial charge in [0.2, 0.25) is 5.13 Å². The van der Waals surface area contributed by atoms with Gasteiger partial charge in [0.25, 0.3) is 0 Å². The minimum absolute atomic E-state index is 0.01000. The van der Waals surface area contributed by atoms with Gasteiger partial charge in [-0.2, -0.15) is 4.37 Å². The van der Waals surface area contributed by atoms with E-state index >= 15 is 0 Å². The van der Waals surface area contributed by atoms with Crippen LogP contribution in [0.2, 0.25) is 0 Å². The average molecular weight is 322 g/mol. The van der Waals surface area contributed by atoms with Crippen molar-refractivity contribution in [2.24, 2.45) is 0 Å². The van der Waals surface area contributed by atoms with Gasteiger partial charge in [0.05, 0.1) is 6.61 Å². The number of hydrogen-bond acceptors (Lipinski definition) is 5. The summed E-state index contributed by atoms with van der Waals surface area (Å²) in [5, 5.41) is 1.90. The van der Waals surface area contributed by atoms with Gasteiger partial charge in [-0.25, -0.2) is 4.98 Å². The third kappa shape index (κ3) is 4.52. The van der Waals surface area contributed by atoms with Crippen molar-refractivity contribution in [3.63, 3.8) is 0 Å². The number of hydrogen-bond donors (Lipinski definition) is 0. The highest BCUT2D eigenvalue weighted by molar-refractivity contribution is 9.09. The fourth-order valence-corrected chi connectivity index (χ4v) is 2.59. The molecule has 0 spiro atoms. The summed E-state index contributed by atoms with van der Waals surface area (Å²) in [6.07, 6.45) is 0. The van der Waals surface area contributed by atoms with Crippen LogP contribution in [0.3, 0.4) is 0 Å². The average Bonchev–Trinajstić information content (AvgIpc) is 2.72. The smallest absolute Gasteiger partial charge is 0.205 e. The van der Waals surface area contributed by atoms with Gasteiger partial charge in [0, 0.05) is 42.5 Å². The van der Waals surface area contributed by atoms with Crippen molar-refractivity contribution in [3.8, 4) is 0 Å². The van der Waals surface area contributed by atoms with E-state index in [0.717, 1.165) is 29.4 Å². The molecule has 0 N–H and O–H groups in total. The maximum Gasteiger partial charge on any atom is 0.205 e. The number of aromatic nitrogens is 2. The third-order valence-electron chi connectivity index (χ3n) is 2.28. The van der Waals surface area contributed by atoms with Gasteiger partial charge in [-0.05, 0) is 0 Å². The lowest BCUT2D eigenvalue weighted by Gasteiger charge is -2.20. The van der Waals surface area contributed by atoms with E-state index < -0.39 is 0 Å². The van der Waals surface area contributed by atoms with Crippen LogP contribution in [0.4, 0.5) is 5.13 Å². The van der Waals surface area contributed by atoms with Crippen molar-refractivity contribution in [3.05, 3.63) is 5.82 Å². The summed E-state index contributed by atoms with van der Waals surface area (Å²) in [5.41, 5.74) is 0.01000. The lowest BCUT2D eigenvalue weighted by atomic mass is 9.96. The summed E-state index contributed by atoms with van der Waals surface area (Å²) >= 11 is 4.92. The SMILES string of the molecule is COCCN(CCBr)c1nc(C(C)(C)C)ns1. The van der Waals surface area contributed by atoms with Gasteiger partial charge in [-0.15, -0.1) is 0 Å². The van der Waals surface area contributed by atoms with E-state index in [1.54, 1.807) is 7.11 Å². The Morgan fingerprint density at radius 2 is 2.06 bits per heavy atom. The van der Waals surface area contributed by atoms with Crippen LogP contribution >= 0.6 is 27.5 Å². The predicted octanol–water partition coefficient (Wildman–Crippen LogP) is 2.68. The fraction of sp³-hybridized carbons (Fsp3) is 0.818. The van der Waals surface area contributed by atoms with E-state index in [-0.39, 0.29) is 5.41 Å². The molecule has 1 heterocycles. The molecule has 1 aromatic rings. The molecule has 0 saturated heterocycles. The second kappa shape index (κ2) is 6.66. The zero-order valence-electron chi connectivity index (χ0n) is 10.9. The highest BCUT2D eigenvalue weighted by Crippen LogP contribution is 2.25. The van der Waals surface area contributed by atoms with E-state index in [1.165, 1.54) is 11.5 Å². The van der Waals surface area contributed by atoms with Crippen molar-refractivity contribution in [1.29, 1.82) is 0 Å². The molecular formula is C11H20BrN3OS. The molecule has 0 atom stereocenters. The molecule has 0 fully saturated rings. The molecule has 0 radical (unpaired) electrons. The quantitative estimate of drug-likeness (QED) is 0.755. The molecule has 0 aliphatic rings. The number of rotatable bonds is 6. The van der Waals surface area contributed by atoms with Gasteiger partial charge < -0.3 is 9.64 Å². The summed E-state index contributed by atoms with van der Waals surface area (Å²) < 4.78 is 9.55. The molecule has 0 aliphatic heterocycles. The standard InChI is InChI=1S/C11H20BrN3OS/c1-11(2,3)9-13-10(17-14-9)15(6-5-12)7-8-16-4/h5-8H2,1-4H3. The molecule has 1 aromatic heterocycles. The van der Waals surface area contributed by atoms with Crippen LogP contribution in [0.25, 0.3) is 0 Å². The molecule has 0 saturated carbocycles. The Balaban J connectivity index is 2.76. The van der Waals surface area contributed by atoms with Gasteiger partial charge >= 0.3 is 0 Å². The predicted molar refractivity (Wildman–Crippen MR) is 76.5 cm³/mol. The van der Waals surface area contributed by atoms with Crippen molar-refractivity contribution >= 4 is 32.6 Å². The first-order chi connectivity index (χ1) is 7.99. The molecule has 6 heteroatoms. The molecule has 0 bridgehead atoms. The number of ether oxygens (including phenoxy) is 1. The summed E-state index contributed by atoms with van der Waals surface area (Å²) in [6.45, 7) is 8.86. The Morgan fingerprint density at radius 3 is 2.53 bits per heavy atom. The second-order valence-electron chi connectivity index (χ2n) is 4.82. The Labute approximate surface area is 116 Å². The molecule has 0 aliphatic carbocycles. The van der Waals surface area contributed by atoms with Crippen molar-refractivity contribution < 1.29 is 4.74 Å². The second-order valence-corrected chi connectivity index (χ2v) is 6.34. The highest BCUT2D eigenvalue weighted by Gasteiger charge is 2.21. The maximum atomic E-state index is 5.11. The molecule has 4 nitrogen and oxygen atoms in total. The number of alkyl halides is 1. The summed E-state index contributed by atoms with van der Waals surface area (Å²) in [4.78, 5) is 6.81. The van der Waals surface area contributed by atoms with Crippen molar-refractivity contribution in [2.45, 2.75) is 26.2 Å². The molecule has 0 unspecified atom stereocenters. The van der Waals surface area contributed by atoms with Crippen LogP contribution in [0.15, 0.2) is 0 Å². The minimum Gasteiger partial charge on any atom is -0.383 e. The lowest BCUT2D eigenvalue weighted by Crippen LogP contribution is -2.29. The van der Waals surface area contributed by atoms with Gasteiger partial charge in [0.15, 0.2) is 0 Å². The summed E-state index contributed by atoms with van der Waals surface area (Å²) in [7, 11) is 1.72. The van der Waals surface area contributed by atoms with Crippen LogP contribution in [0.1, 0.15) is 26.6 Å². The topological polar surface area (TPSA) is 38.2 Å². The highest BCUT2D eigenvalue weighted by atomic mass is 79.9. The zero-order chi connectivity index (χ0) is 12.9. The van der Waals surface area contributed by atoms with Gasteiger partial charge in [-0.3, -0.25) is 0 Å². The first-order valence-electron chi connectivity index (χ1n) is 5.63. The largest absolute Gasteiger partial charge is 0.383 e. The Kier molecular flexibility index (Phi) is 5.82. The summed E-state index contributed by atoms with van der Waals surface area (Å²) in [5.74, 6) is 0.912. The minimum atomic E-state index is 0.01000. The Morgan fingerprint density at radius 1 is 1.35 bits per heavy atom. The van der Waals surface area contributed by atoms with Gasteiger partial charge in [0.1, 0.15) is 5.82 Å². The van der Waals surface area contributed by atoms with E-state index in [2.05, 4.69) is 51.0 Å². The lowest BCUT2D eigenvalue weighted by molar-refractivity contribution is 0.205. The molecule has 0 amide bonds. The fourth-order valence-electron chi connectivity index (χ4n) is 1.26. The molecule has 17 heavy (non-hydrogen) atoms. The van der Waals surface area contributed by atoms with Crippen LogP contribution in [0.5, 0.6) is 0 Å². The van der Waals surface area contributed by atoms with E-state index in [1.807, 2.05) is 0 Å². The van der Waals surface area contributed by atoms with Crippen LogP contribution in [0, 0.1) is 0 Å². The van der Waals surface area contributed by atoms with E-state index in [0.29, 0.717) is 6.61 Å². The molecule has 98 valence electrons. The van der Waals surface area contributed by atoms with Gasteiger partial charge in [-0.1, -0.05) is 36.7 Å². The maximum absolute atomic E-state index is 5.11. The Bertz CT molecular complexity index is 338. The first-order valence-corrected chi connectivity index (χ1v) is 7.52. The molecular weight excluding hydrogens is 302 g/mol.